The summed E-state index contributed by atoms with van der Waals surface area (Å²) in [7, 11) is 3.02. The lowest BCUT2D eigenvalue weighted by Crippen LogP contribution is -2.70. The van der Waals surface area contributed by atoms with E-state index in [-0.39, 0.29) is 54.8 Å². The third-order valence-electron chi connectivity index (χ3n) is 14.1. The molecule has 1 spiro atoms. The van der Waals surface area contributed by atoms with Crippen LogP contribution in [0.2, 0.25) is 0 Å². The number of phenols is 2. The Bertz CT molecular complexity index is 2400. The Morgan fingerprint density at radius 3 is 2.59 bits per heavy atom. The number of benzene rings is 3. The number of fused-ring (bicyclic) bond motifs is 9. The van der Waals surface area contributed by atoms with Gasteiger partial charge in [-0.25, -0.2) is 4.79 Å². The molecule has 14 nitrogen and oxygen atoms in total. The molecule has 7 heterocycles. The van der Waals surface area contributed by atoms with E-state index < -0.39 is 40.9 Å². The quantitative estimate of drug-likeness (QED) is 0.0787. The van der Waals surface area contributed by atoms with Gasteiger partial charge in [-0.1, -0.05) is 44.7 Å². The summed E-state index contributed by atoms with van der Waals surface area (Å²) in [5, 5.41) is 37.6. The van der Waals surface area contributed by atoms with Crippen LogP contribution < -0.4 is 29.0 Å². The zero-order chi connectivity index (χ0) is 44.3. The Balaban J connectivity index is 1.30. The summed E-state index contributed by atoms with van der Waals surface area (Å²) in [6.45, 7) is 10.7. The molecule has 0 aliphatic carbocycles. The third kappa shape index (κ3) is 6.78. The van der Waals surface area contributed by atoms with Crippen molar-refractivity contribution in [2.45, 2.75) is 113 Å². The summed E-state index contributed by atoms with van der Waals surface area (Å²) in [5.41, 5.74) is 4.42. The van der Waals surface area contributed by atoms with E-state index in [1.54, 1.807) is 19.2 Å². The minimum atomic E-state index is -1.39. The largest absolute Gasteiger partial charge is 0.504 e. The number of nitriles is 1. The Labute approximate surface area is 372 Å². The van der Waals surface area contributed by atoms with Crippen molar-refractivity contribution in [3.05, 3.63) is 75.4 Å². The molecule has 1 unspecified atom stereocenters. The maximum atomic E-state index is 15.0. The lowest BCUT2D eigenvalue weighted by atomic mass is 9.71. The van der Waals surface area contributed by atoms with Crippen LogP contribution in [-0.4, -0.2) is 96.5 Å². The molecule has 2 saturated heterocycles. The van der Waals surface area contributed by atoms with Gasteiger partial charge in [0.15, 0.2) is 40.0 Å². The van der Waals surface area contributed by atoms with Crippen LogP contribution in [0.15, 0.2) is 30.9 Å². The fourth-order valence-corrected chi connectivity index (χ4v) is 13.0. The first kappa shape index (κ1) is 43.1. The summed E-state index contributed by atoms with van der Waals surface area (Å²) < 4.78 is 37.1. The second kappa shape index (κ2) is 17.1. The molecule has 15 heteroatoms. The van der Waals surface area contributed by atoms with E-state index in [4.69, 9.17) is 28.4 Å². The third-order valence-corrected chi connectivity index (χ3v) is 15.5. The number of esters is 2. The predicted octanol–water partition coefficient (Wildman–Crippen LogP) is 6.88. The fraction of sp³-hybridized carbons (Fsp3) is 0.521. The first-order chi connectivity index (χ1) is 30.5. The molecule has 3 aromatic carbocycles. The highest BCUT2D eigenvalue weighted by atomic mass is 32.2. The van der Waals surface area contributed by atoms with Crippen LogP contribution in [0.25, 0.3) is 0 Å². The smallest absolute Gasteiger partial charge is 0.331 e. The maximum absolute atomic E-state index is 15.0. The molecule has 0 radical (unpaired) electrons. The lowest BCUT2D eigenvalue weighted by molar-refractivity contribution is -0.157. The van der Waals surface area contributed by atoms with Crippen molar-refractivity contribution < 1.29 is 48.2 Å². The highest BCUT2D eigenvalue weighted by Gasteiger charge is 2.62. The van der Waals surface area contributed by atoms with Crippen LogP contribution in [0.1, 0.15) is 107 Å². The van der Waals surface area contributed by atoms with Gasteiger partial charge in [0.05, 0.1) is 37.6 Å². The summed E-state index contributed by atoms with van der Waals surface area (Å²) >= 11 is 1.50. The molecular formula is C48H56N4O10S. The zero-order valence-electron chi connectivity index (χ0n) is 36.6. The first-order valence-corrected chi connectivity index (χ1v) is 23.1. The minimum Gasteiger partial charge on any atom is -0.504 e. The van der Waals surface area contributed by atoms with E-state index in [1.807, 2.05) is 19.9 Å². The molecule has 10 rings (SSSR count). The molecule has 0 aromatic heterocycles. The Kier molecular flexibility index (Phi) is 11.7. The van der Waals surface area contributed by atoms with Gasteiger partial charge >= 0.3 is 11.9 Å². The summed E-state index contributed by atoms with van der Waals surface area (Å²) in [6, 6.07) is 5.15. The van der Waals surface area contributed by atoms with Crippen molar-refractivity contribution in [3.8, 4) is 46.3 Å². The van der Waals surface area contributed by atoms with Crippen LogP contribution >= 0.6 is 11.8 Å². The highest BCUT2D eigenvalue weighted by Crippen LogP contribution is 2.65. The Morgan fingerprint density at radius 1 is 1.05 bits per heavy atom. The molecule has 4 bridgehead atoms. The highest BCUT2D eigenvalue weighted by molar-refractivity contribution is 7.99. The molecular weight excluding hydrogens is 825 g/mol. The topological polar surface area (TPSA) is 172 Å². The fourth-order valence-electron chi connectivity index (χ4n) is 11.3. The van der Waals surface area contributed by atoms with E-state index in [2.05, 4.69) is 40.8 Å². The van der Waals surface area contributed by atoms with Gasteiger partial charge in [0.25, 0.3) is 0 Å². The number of nitrogens with zero attached hydrogens (tertiary/aromatic N) is 3. The first-order valence-electron chi connectivity index (χ1n) is 22.1. The average Bonchev–Trinajstić information content (AvgIpc) is 3.76. The van der Waals surface area contributed by atoms with E-state index >= 15 is 0 Å². The van der Waals surface area contributed by atoms with Gasteiger partial charge in [-0.15, -0.1) is 18.3 Å². The Hall–Kier alpha value is -5.14. The molecule has 2 fully saturated rings. The average molecular weight is 881 g/mol. The number of thioether (sulfide) groups is 1. The van der Waals surface area contributed by atoms with E-state index in [9.17, 15) is 25.1 Å². The molecule has 63 heavy (non-hydrogen) atoms. The number of aryl methyl sites for hydroxylation is 1. The van der Waals surface area contributed by atoms with Crippen LogP contribution in [0, 0.1) is 25.2 Å². The summed E-state index contributed by atoms with van der Waals surface area (Å²) in [6.07, 6.45) is 7.89. The van der Waals surface area contributed by atoms with Crippen LogP contribution in [-0.2, 0) is 32.7 Å². The summed E-state index contributed by atoms with van der Waals surface area (Å²) in [5.74, 6) is 1.16. The molecule has 7 aliphatic heterocycles. The van der Waals surface area contributed by atoms with Crippen LogP contribution in [0.4, 0.5) is 0 Å². The van der Waals surface area contributed by atoms with Gasteiger partial charge in [0, 0.05) is 59.6 Å². The number of carbonyl (C=O) groups is 2. The van der Waals surface area contributed by atoms with Crippen molar-refractivity contribution >= 4 is 23.7 Å². The van der Waals surface area contributed by atoms with Crippen molar-refractivity contribution in [2.24, 2.45) is 0 Å². The monoisotopic (exact) mass is 880 g/mol. The van der Waals surface area contributed by atoms with Crippen LogP contribution in [0.5, 0.6) is 40.2 Å². The standard InChI is InChI=1S/C48H56N4O10S/c1-7-9-10-11-12-13-35(54)62-43-26(4)44-45(61-24-60-44)37-32-22-59-47(56)48(29-20-34(57-5)33(53)19-27(29)14-15-50-48)23-63-46(38(37)43)40-39-36-28(17-25(3)42(58-6)41(36)55)18-30(51(39)16-8-2)31(21-49)52(32)40/h8,17,19-20,30-32,39-40,46,50,53,55H,2,7,9-16,18,22-24H2,1,3-6H3/t30-,31-,32-,39+,40?,46+,48+/m0/s1. The number of ether oxygens (including phenoxy) is 6. The Morgan fingerprint density at radius 2 is 1.84 bits per heavy atom. The number of carbonyl (C=O) groups excluding carboxylic acids is 2. The molecule has 0 saturated carbocycles. The predicted molar refractivity (Wildman–Crippen MR) is 235 cm³/mol. The van der Waals surface area contributed by atoms with Gasteiger partial charge in [0.1, 0.15) is 18.4 Å². The summed E-state index contributed by atoms with van der Waals surface area (Å²) in [4.78, 5) is 33.5. The number of phenolic OH excluding ortho intramolecular Hbond substituents is 2. The SMILES string of the molecule is C=CCN1[C@@H]2c3c(cc(C)c(OC)c3O)C[C@H]1[C@H](C#N)N1C2[C@@H]2SC[C@]3(NCCc4cc(O)c(OC)cc43)C(=O)OC[C@H]1c1c3c(c(C)c(OC(=O)CCCCCCC)c12)OCO3. The normalized spacial score (nSPS) is 26.7. The second-order valence-corrected chi connectivity index (χ2v) is 18.6. The van der Waals surface area contributed by atoms with E-state index in [1.165, 1.54) is 18.9 Å². The number of methoxy groups -OCH3 is 2. The number of hydrogen-bond acceptors (Lipinski definition) is 15. The maximum Gasteiger partial charge on any atom is 0.331 e. The van der Waals surface area contributed by atoms with E-state index in [0.29, 0.717) is 83.2 Å². The van der Waals surface area contributed by atoms with Gasteiger partial charge in [-0.2, -0.15) is 5.26 Å². The number of piperazine rings is 1. The zero-order valence-corrected chi connectivity index (χ0v) is 37.4. The molecule has 0 amide bonds. The van der Waals surface area contributed by atoms with Gasteiger partial charge in [-0.3, -0.25) is 19.9 Å². The van der Waals surface area contributed by atoms with Crippen molar-refractivity contribution in [2.75, 3.05) is 46.5 Å². The molecule has 3 aromatic rings. The second-order valence-electron chi connectivity index (χ2n) is 17.5. The molecule has 7 aliphatic rings. The lowest BCUT2D eigenvalue weighted by Gasteiger charge is -2.62. The molecule has 3 N–H and O–H groups in total. The van der Waals surface area contributed by atoms with Crippen molar-refractivity contribution in [3.63, 3.8) is 0 Å². The molecule has 334 valence electrons. The minimum absolute atomic E-state index is 0.0239. The van der Waals surface area contributed by atoms with Gasteiger partial charge < -0.3 is 38.6 Å². The number of hydrogen-bond donors (Lipinski definition) is 3. The number of unbranched alkanes of at least 4 members (excludes halogenated alkanes) is 4. The van der Waals surface area contributed by atoms with Crippen molar-refractivity contribution in [1.29, 1.82) is 5.26 Å². The van der Waals surface area contributed by atoms with E-state index in [0.717, 1.165) is 42.4 Å². The van der Waals surface area contributed by atoms with Crippen LogP contribution in [0.3, 0.4) is 0 Å². The number of aromatic hydroxyl groups is 2. The van der Waals surface area contributed by atoms with Gasteiger partial charge in [0.2, 0.25) is 6.79 Å². The molecule has 7 atom stereocenters. The number of rotatable bonds is 11. The van der Waals surface area contributed by atoms with Crippen molar-refractivity contribution in [1.82, 2.24) is 15.1 Å². The number of nitrogens with one attached hydrogen (secondary N) is 1. The van der Waals surface area contributed by atoms with Gasteiger partial charge in [-0.05, 0) is 67.5 Å².